The van der Waals surface area contributed by atoms with E-state index in [0.29, 0.717) is 13.0 Å². The molecule has 0 atom stereocenters. The third-order valence-corrected chi connectivity index (χ3v) is 6.36. The molecule has 0 aliphatic carbocycles. The van der Waals surface area contributed by atoms with E-state index in [9.17, 15) is 4.79 Å². The van der Waals surface area contributed by atoms with Gasteiger partial charge in [-0.1, -0.05) is 41.2 Å². The highest BCUT2D eigenvalue weighted by Crippen LogP contribution is 2.31. The second-order valence-corrected chi connectivity index (χ2v) is 8.50. The van der Waals surface area contributed by atoms with Crippen molar-refractivity contribution in [2.75, 3.05) is 51.4 Å². The molecule has 166 valence electrons. The van der Waals surface area contributed by atoms with E-state index in [4.69, 9.17) is 14.5 Å². The van der Waals surface area contributed by atoms with Gasteiger partial charge < -0.3 is 9.47 Å². The zero-order valence-corrected chi connectivity index (χ0v) is 19.5. The number of ether oxygens (including phenoxy) is 2. The number of rotatable bonds is 7. The van der Waals surface area contributed by atoms with Crippen molar-refractivity contribution in [3.63, 3.8) is 0 Å². The Labute approximate surface area is 193 Å². The lowest BCUT2D eigenvalue weighted by Crippen LogP contribution is -2.43. The summed E-state index contributed by atoms with van der Waals surface area (Å²) < 4.78 is 11.8. The summed E-state index contributed by atoms with van der Waals surface area (Å²) in [6.45, 7) is 6.76. The molecule has 2 heterocycles. The molecule has 0 bridgehead atoms. The van der Waals surface area contributed by atoms with Crippen LogP contribution in [0.15, 0.2) is 42.5 Å². The molecule has 0 saturated carbocycles. The van der Waals surface area contributed by atoms with Gasteiger partial charge in [0.25, 0.3) is 0 Å². The fourth-order valence-electron chi connectivity index (χ4n) is 3.62. The average Bonchev–Trinajstić information content (AvgIpc) is 3.17. The van der Waals surface area contributed by atoms with Crippen LogP contribution in [-0.2, 0) is 16.0 Å². The van der Waals surface area contributed by atoms with Crippen LogP contribution in [0.5, 0.6) is 5.75 Å². The minimum atomic E-state index is 0. The fraction of sp³-hybridized carbons (Fsp3) is 0.391. The van der Waals surface area contributed by atoms with E-state index in [1.807, 2.05) is 48.2 Å². The summed E-state index contributed by atoms with van der Waals surface area (Å²) in [4.78, 5) is 22.3. The number of aryl methyl sites for hydroxylation is 1. The van der Waals surface area contributed by atoms with Gasteiger partial charge >= 0.3 is 0 Å². The number of carbonyl (C=O) groups excluding carboxylic acids is 1. The molecule has 1 aromatic heterocycles. The normalized spacial score (nSPS) is 14.3. The maximum Gasteiger partial charge on any atom is 0.233 e. The predicted molar refractivity (Wildman–Crippen MR) is 128 cm³/mol. The second kappa shape index (κ2) is 10.9. The number of carbonyl (C=O) groups is 1. The van der Waals surface area contributed by atoms with Gasteiger partial charge in [0.15, 0.2) is 5.13 Å². The average molecular weight is 462 g/mol. The number of morpholine rings is 1. The van der Waals surface area contributed by atoms with Gasteiger partial charge in [-0.05, 0) is 24.6 Å². The molecule has 0 N–H and O–H groups in total. The molecule has 6 nitrogen and oxygen atoms in total. The number of fused-ring (bicyclic) bond motifs is 1. The van der Waals surface area contributed by atoms with Gasteiger partial charge in [-0.25, -0.2) is 4.98 Å². The minimum Gasteiger partial charge on any atom is -0.497 e. The van der Waals surface area contributed by atoms with Crippen molar-refractivity contribution < 1.29 is 14.3 Å². The smallest absolute Gasteiger partial charge is 0.233 e. The van der Waals surface area contributed by atoms with E-state index in [1.54, 1.807) is 18.4 Å². The van der Waals surface area contributed by atoms with Gasteiger partial charge in [0.1, 0.15) is 5.75 Å². The first-order chi connectivity index (χ1) is 14.6. The van der Waals surface area contributed by atoms with Crippen LogP contribution in [0.4, 0.5) is 5.13 Å². The Morgan fingerprint density at radius 2 is 2.03 bits per heavy atom. The van der Waals surface area contributed by atoms with Crippen LogP contribution >= 0.6 is 23.7 Å². The summed E-state index contributed by atoms with van der Waals surface area (Å²) in [5.74, 6) is 0.838. The van der Waals surface area contributed by atoms with Crippen LogP contribution in [0, 0.1) is 6.92 Å². The number of halogens is 1. The molecule has 1 fully saturated rings. The number of hydrogen-bond donors (Lipinski definition) is 0. The Morgan fingerprint density at radius 1 is 1.23 bits per heavy atom. The fourth-order valence-corrected chi connectivity index (χ4v) is 4.61. The van der Waals surface area contributed by atoms with Crippen molar-refractivity contribution in [2.24, 2.45) is 0 Å². The van der Waals surface area contributed by atoms with E-state index >= 15 is 0 Å². The van der Waals surface area contributed by atoms with Crippen molar-refractivity contribution >= 4 is 45.0 Å². The van der Waals surface area contributed by atoms with Gasteiger partial charge in [0, 0.05) is 32.2 Å². The number of methoxy groups -OCH3 is 1. The monoisotopic (exact) mass is 461 g/mol. The van der Waals surface area contributed by atoms with E-state index in [1.165, 1.54) is 0 Å². The molecule has 0 radical (unpaired) electrons. The minimum absolute atomic E-state index is 0. The number of nitrogens with zero attached hydrogens (tertiary/aromatic N) is 3. The number of hydrogen-bond acceptors (Lipinski definition) is 6. The summed E-state index contributed by atoms with van der Waals surface area (Å²) >= 11 is 1.55. The lowest BCUT2D eigenvalue weighted by atomic mass is 10.1. The van der Waals surface area contributed by atoms with Crippen LogP contribution in [0.3, 0.4) is 0 Å². The summed E-state index contributed by atoms with van der Waals surface area (Å²) in [6, 6.07) is 14.0. The summed E-state index contributed by atoms with van der Waals surface area (Å²) in [5.41, 5.74) is 3.04. The lowest BCUT2D eigenvalue weighted by molar-refractivity contribution is -0.118. The van der Waals surface area contributed by atoms with Crippen molar-refractivity contribution in [1.29, 1.82) is 0 Å². The van der Waals surface area contributed by atoms with E-state index in [2.05, 4.69) is 11.0 Å². The van der Waals surface area contributed by atoms with Crippen LogP contribution < -0.4 is 9.64 Å². The molecule has 1 saturated heterocycles. The SMILES string of the molecule is COc1ccc2sc(N(CCN3CCOCC3)C(=O)Cc3cccc(C)c3)nc2c1.Cl. The highest BCUT2D eigenvalue weighted by atomic mass is 35.5. The number of benzene rings is 2. The van der Waals surface area contributed by atoms with E-state index in [0.717, 1.165) is 65.1 Å². The van der Waals surface area contributed by atoms with Crippen LogP contribution in [0.1, 0.15) is 11.1 Å². The highest BCUT2D eigenvalue weighted by molar-refractivity contribution is 7.22. The largest absolute Gasteiger partial charge is 0.497 e. The number of aromatic nitrogens is 1. The first-order valence-electron chi connectivity index (χ1n) is 10.2. The van der Waals surface area contributed by atoms with Gasteiger partial charge in [0.2, 0.25) is 5.91 Å². The lowest BCUT2D eigenvalue weighted by Gasteiger charge is -2.29. The Bertz CT molecular complexity index is 1020. The molecule has 4 rings (SSSR count). The number of amides is 1. The third kappa shape index (κ3) is 5.95. The molecule has 2 aromatic carbocycles. The van der Waals surface area contributed by atoms with Crippen molar-refractivity contribution in [1.82, 2.24) is 9.88 Å². The van der Waals surface area contributed by atoms with Crippen molar-refractivity contribution in [2.45, 2.75) is 13.3 Å². The molecule has 1 aliphatic rings. The first-order valence-corrected chi connectivity index (χ1v) is 11.0. The Kier molecular flexibility index (Phi) is 8.26. The van der Waals surface area contributed by atoms with Crippen molar-refractivity contribution in [3.8, 4) is 5.75 Å². The van der Waals surface area contributed by atoms with Gasteiger partial charge in [0.05, 0.1) is 37.0 Å². The quantitative estimate of drug-likeness (QED) is 0.533. The van der Waals surface area contributed by atoms with E-state index < -0.39 is 0 Å². The summed E-state index contributed by atoms with van der Waals surface area (Å²) in [7, 11) is 1.65. The first kappa shape index (κ1) is 23.5. The molecule has 1 amide bonds. The van der Waals surface area contributed by atoms with Crippen LogP contribution in [-0.4, -0.2) is 62.3 Å². The summed E-state index contributed by atoms with van der Waals surface area (Å²) in [6.07, 6.45) is 0.365. The standard InChI is InChI=1S/C23H27N3O3S.ClH/c1-17-4-3-5-18(14-17)15-22(27)26(9-8-25-10-12-29-13-11-25)23-24-20-16-19(28-2)6-7-21(20)30-23;/h3-7,14,16H,8-13,15H2,1-2H3;1H. The summed E-state index contributed by atoms with van der Waals surface area (Å²) in [5, 5.41) is 0.740. The second-order valence-electron chi connectivity index (χ2n) is 7.50. The topological polar surface area (TPSA) is 54.9 Å². The molecule has 0 spiro atoms. The molecule has 8 heteroatoms. The molecule has 3 aromatic rings. The Hall–Kier alpha value is -2.19. The zero-order chi connectivity index (χ0) is 20.9. The highest BCUT2D eigenvalue weighted by Gasteiger charge is 2.22. The molecular formula is C23H28ClN3O3S. The maximum absolute atomic E-state index is 13.3. The number of anilines is 1. The molecule has 1 aliphatic heterocycles. The van der Waals surface area contributed by atoms with Gasteiger partial charge in [-0.2, -0.15) is 0 Å². The van der Waals surface area contributed by atoms with Crippen LogP contribution in [0.2, 0.25) is 0 Å². The number of thiazole rings is 1. The third-order valence-electron chi connectivity index (χ3n) is 5.30. The Morgan fingerprint density at radius 3 is 2.77 bits per heavy atom. The zero-order valence-electron chi connectivity index (χ0n) is 17.9. The van der Waals surface area contributed by atoms with Gasteiger partial charge in [-0.3, -0.25) is 14.6 Å². The van der Waals surface area contributed by atoms with E-state index in [-0.39, 0.29) is 18.3 Å². The van der Waals surface area contributed by atoms with Crippen molar-refractivity contribution in [3.05, 3.63) is 53.6 Å². The molecule has 0 unspecified atom stereocenters. The van der Waals surface area contributed by atoms with Gasteiger partial charge in [-0.15, -0.1) is 12.4 Å². The molecule has 31 heavy (non-hydrogen) atoms. The molecular weight excluding hydrogens is 434 g/mol. The predicted octanol–water partition coefficient (Wildman–Crippen LogP) is 3.94. The maximum atomic E-state index is 13.3. The van der Waals surface area contributed by atoms with Crippen LogP contribution in [0.25, 0.3) is 10.2 Å². The Balaban J connectivity index is 0.00000272.